The van der Waals surface area contributed by atoms with Crippen LogP contribution in [0.3, 0.4) is 0 Å². The van der Waals surface area contributed by atoms with Crippen LogP contribution >= 0.6 is 0 Å². The van der Waals surface area contributed by atoms with Crippen LogP contribution in [0.25, 0.3) is 0 Å². The SMILES string of the molecule is CCCn1cncc1CNC(C)C1CC1. The molecule has 0 bridgehead atoms. The lowest BCUT2D eigenvalue weighted by Crippen LogP contribution is -2.28. The monoisotopic (exact) mass is 207 g/mol. The molecule has 1 N–H and O–H groups in total. The molecule has 0 aliphatic heterocycles. The Morgan fingerprint density at radius 2 is 2.40 bits per heavy atom. The van der Waals surface area contributed by atoms with E-state index < -0.39 is 0 Å². The zero-order valence-electron chi connectivity index (χ0n) is 9.74. The summed E-state index contributed by atoms with van der Waals surface area (Å²) in [6.45, 7) is 6.52. The molecule has 1 aliphatic carbocycles. The molecule has 3 heteroatoms. The molecule has 0 saturated heterocycles. The summed E-state index contributed by atoms with van der Waals surface area (Å²) >= 11 is 0. The summed E-state index contributed by atoms with van der Waals surface area (Å²) in [7, 11) is 0. The Hall–Kier alpha value is -0.830. The van der Waals surface area contributed by atoms with Crippen LogP contribution in [0, 0.1) is 5.92 Å². The Balaban J connectivity index is 1.83. The quantitative estimate of drug-likeness (QED) is 0.775. The largest absolute Gasteiger partial charge is 0.333 e. The standard InChI is InChI=1S/C12H21N3/c1-3-6-15-9-13-7-12(15)8-14-10(2)11-4-5-11/h7,9-11,14H,3-6,8H2,1-2H3. The van der Waals surface area contributed by atoms with Crippen molar-refractivity contribution < 1.29 is 0 Å². The minimum absolute atomic E-state index is 0.662. The molecule has 0 radical (unpaired) electrons. The highest BCUT2D eigenvalue weighted by atomic mass is 15.1. The second-order valence-electron chi connectivity index (χ2n) is 4.59. The summed E-state index contributed by atoms with van der Waals surface area (Å²) in [5.74, 6) is 0.924. The van der Waals surface area contributed by atoms with Crippen LogP contribution in [0.5, 0.6) is 0 Å². The molecule has 1 fully saturated rings. The van der Waals surface area contributed by atoms with Gasteiger partial charge in [0, 0.05) is 25.3 Å². The molecule has 1 aromatic rings. The minimum atomic E-state index is 0.662. The summed E-state index contributed by atoms with van der Waals surface area (Å²) in [5, 5.41) is 3.58. The zero-order valence-corrected chi connectivity index (χ0v) is 9.74. The minimum Gasteiger partial charge on any atom is -0.333 e. The van der Waals surface area contributed by atoms with Crippen molar-refractivity contribution >= 4 is 0 Å². The number of imidazole rings is 1. The predicted octanol–water partition coefficient (Wildman–Crippen LogP) is 2.18. The van der Waals surface area contributed by atoms with Gasteiger partial charge in [-0.2, -0.15) is 0 Å². The fourth-order valence-electron chi connectivity index (χ4n) is 1.97. The Morgan fingerprint density at radius 1 is 1.60 bits per heavy atom. The highest BCUT2D eigenvalue weighted by molar-refractivity contribution is 4.98. The zero-order chi connectivity index (χ0) is 10.7. The first kappa shape index (κ1) is 10.7. The molecule has 1 atom stereocenters. The van der Waals surface area contributed by atoms with Crippen molar-refractivity contribution in [1.29, 1.82) is 0 Å². The van der Waals surface area contributed by atoms with Crippen LogP contribution in [0.15, 0.2) is 12.5 Å². The van der Waals surface area contributed by atoms with E-state index in [0.717, 1.165) is 19.0 Å². The molecule has 1 aromatic heterocycles. The van der Waals surface area contributed by atoms with E-state index in [-0.39, 0.29) is 0 Å². The Labute approximate surface area is 91.9 Å². The van der Waals surface area contributed by atoms with E-state index in [2.05, 4.69) is 28.7 Å². The van der Waals surface area contributed by atoms with E-state index in [9.17, 15) is 0 Å². The fraction of sp³-hybridized carbons (Fsp3) is 0.750. The molecule has 1 aliphatic rings. The summed E-state index contributed by atoms with van der Waals surface area (Å²) in [6, 6.07) is 0.662. The highest BCUT2D eigenvalue weighted by Crippen LogP contribution is 2.32. The van der Waals surface area contributed by atoms with Crippen molar-refractivity contribution in [3.05, 3.63) is 18.2 Å². The van der Waals surface area contributed by atoms with Crippen molar-refractivity contribution in [2.45, 2.75) is 52.2 Å². The average molecular weight is 207 g/mol. The molecular weight excluding hydrogens is 186 g/mol. The fourth-order valence-corrected chi connectivity index (χ4v) is 1.97. The number of hydrogen-bond donors (Lipinski definition) is 1. The number of nitrogens with one attached hydrogen (secondary N) is 1. The van der Waals surface area contributed by atoms with Crippen molar-refractivity contribution in [2.75, 3.05) is 0 Å². The van der Waals surface area contributed by atoms with Gasteiger partial charge >= 0.3 is 0 Å². The maximum Gasteiger partial charge on any atom is 0.0948 e. The molecule has 0 amide bonds. The van der Waals surface area contributed by atoms with Gasteiger partial charge in [0.2, 0.25) is 0 Å². The Morgan fingerprint density at radius 3 is 3.07 bits per heavy atom. The summed E-state index contributed by atoms with van der Waals surface area (Å²) in [5.41, 5.74) is 1.31. The maximum absolute atomic E-state index is 4.20. The molecule has 0 spiro atoms. The third-order valence-corrected chi connectivity index (χ3v) is 3.20. The van der Waals surface area contributed by atoms with Crippen LogP contribution in [0.4, 0.5) is 0 Å². The van der Waals surface area contributed by atoms with E-state index >= 15 is 0 Å². The predicted molar refractivity (Wildman–Crippen MR) is 61.5 cm³/mol. The first-order valence-electron chi connectivity index (χ1n) is 6.03. The van der Waals surface area contributed by atoms with Gasteiger partial charge in [-0.3, -0.25) is 0 Å². The van der Waals surface area contributed by atoms with Gasteiger partial charge in [0.05, 0.1) is 12.0 Å². The lowest BCUT2D eigenvalue weighted by Gasteiger charge is -2.13. The molecule has 1 heterocycles. The molecule has 2 rings (SSSR count). The van der Waals surface area contributed by atoms with Crippen LogP contribution in [0.2, 0.25) is 0 Å². The molecular formula is C12H21N3. The lowest BCUT2D eigenvalue weighted by atomic mass is 10.2. The molecule has 84 valence electrons. The van der Waals surface area contributed by atoms with Gasteiger partial charge in [-0.1, -0.05) is 6.92 Å². The number of hydrogen-bond acceptors (Lipinski definition) is 2. The summed E-state index contributed by atoms with van der Waals surface area (Å²) in [6.07, 6.45) is 7.89. The van der Waals surface area contributed by atoms with Crippen LogP contribution in [-0.4, -0.2) is 15.6 Å². The molecule has 1 unspecified atom stereocenters. The third-order valence-electron chi connectivity index (χ3n) is 3.20. The van der Waals surface area contributed by atoms with Gasteiger partial charge in [0.1, 0.15) is 0 Å². The smallest absolute Gasteiger partial charge is 0.0948 e. The number of aromatic nitrogens is 2. The van der Waals surface area contributed by atoms with E-state index in [1.54, 1.807) is 0 Å². The third kappa shape index (κ3) is 2.81. The van der Waals surface area contributed by atoms with Crippen LogP contribution < -0.4 is 5.32 Å². The van der Waals surface area contributed by atoms with Crippen LogP contribution in [-0.2, 0) is 13.1 Å². The van der Waals surface area contributed by atoms with Gasteiger partial charge in [-0.25, -0.2) is 4.98 Å². The summed E-state index contributed by atoms with van der Waals surface area (Å²) in [4.78, 5) is 4.20. The number of rotatable bonds is 6. The van der Waals surface area contributed by atoms with E-state index in [1.165, 1.54) is 25.0 Å². The molecule has 3 nitrogen and oxygen atoms in total. The van der Waals surface area contributed by atoms with Crippen molar-refractivity contribution in [2.24, 2.45) is 5.92 Å². The van der Waals surface area contributed by atoms with E-state index in [4.69, 9.17) is 0 Å². The lowest BCUT2D eigenvalue weighted by molar-refractivity contribution is 0.481. The highest BCUT2D eigenvalue weighted by Gasteiger charge is 2.27. The van der Waals surface area contributed by atoms with Gasteiger partial charge < -0.3 is 9.88 Å². The topological polar surface area (TPSA) is 29.9 Å². The Bertz CT molecular complexity index is 302. The second kappa shape index (κ2) is 4.79. The van der Waals surface area contributed by atoms with E-state index in [0.29, 0.717) is 6.04 Å². The van der Waals surface area contributed by atoms with Gasteiger partial charge in [-0.05, 0) is 32.1 Å². The number of nitrogens with zero attached hydrogens (tertiary/aromatic N) is 2. The average Bonchev–Trinajstić information content (AvgIpc) is 2.99. The maximum atomic E-state index is 4.20. The molecule has 15 heavy (non-hydrogen) atoms. The van der Waals surface area contributed by atoms with Gasteiger partial charge in [0.15, 0.2) is 0 Å². The normalized spacial score (nSPS) is 18.0. The van der Waals surface area contributed by atoms with Gasteiger partial charge in [-0.15, -0.1) is 0 Å². The molecule has 1 saturated carbocycles. The summed E-state index contributed by atoms with van der Waals surface area (Å²) < 4.78 is 2.24. The van der Waals surface area contributed by atoms with Crippen molar-refractivity contribution in [3.63, 3.8) is 0 Å². The Kier molecular flexibility index (Phi) is 3.41. The first-order chi connectivity index (χ1) is 7.31. The van der Waals surface area contributed by atoms with Crippen LogP contribution in [0.1, 0.15) is 38.8 Å². The first-order valence-corrected chi connectivity index (χ1v) is 6.03. The van der Waals surface area contributed by atoms with E-state index in [1.807, 2.05) is 12.5 Å². The van der Waals surface area contributed by atoms with Crippen molar-refractivity contribution in [1.82, 2.24) is 14.9 Å². The second-order valence-corrected chi connectivity index (χ2v) is 4.59. The van der Waals surface area contributed by atoms with Gasteiger partial charge in [0.25, 0.3) is 0 Å². The van der Waals surface area contributed by atoms with Crippen molar-refractivity contribution in [3.8, 4) is 0 Å². The molecule has 0 aromatic carbocycles. The number of aryl methyl sites for hydroxylation is 1.